The van der Waals surface area contributed by atoms with Gasteiger partial charge >= 0.3 is 5.69 Å². The highest BCUT2D eigenvalue weighted by molar-refractivity contribution is 5.90. The zero-order valence-corrected chi connectivity index (χ0v) is 17.6. The molecular formula is C24H19N5O4. The van der Waals surface area contributed by atoms with Gasteiger partial charge in [0.2, 0.25) is 11.6 Å². The third-order valence-corrected chi connectivity index (χ3v) is 4.98. The molecule has 5 rings (SSSR count). The van der Waals surface area contributed by atoms with Crippen LogP contribution in [0, 0.1) is 0 Å². The van der Waals surface area contributed by atoms with Crippen LogP contribution in [0.1, 0.15) is 0 Å². The Bertz CT molecular complexity index is 1530. The Morgan fingerprint density at radius 2 is 1.73 bits per heavy atom. The SMILES string of the molecule is COc1cccc(NC(=O)Cn2nc3c(Oc4ccccc4)nc4ccccc4n3c2=O)c1. The van der Waals surface area contributed by atoms with Gasteiger partial charge in [-0.05, 0) is 36.4 Å². The van der Waals surface area contributed by atoms with Gasteiger partial charge in [-0.2, -0.15) is 0 Å². The molecule has 0 aliphatic heterocycles. The average molecular weight is 441 g/mol. The number of carbonyl (C=O) groups is 1. The zero-order chi connectivity index (χ0) is 22.8. The van der Waals surface area contributed by atoms with Crippen LogP contribution in [-0.2, 0) is 11.3 Å². The molecule has 2 heterocycles. The van der Waals surface area contributed by atoms with E-state index >= 15 is 0 Å². The number of nitrogens with one attached hydrogen (secondary N) is 1. The van der Waals surface area contributed by atoms with Gasteiger partial charge in [0.05, 0.1) is 18.1 Å². The van der Waals surface area contributed by atoms with Crippen molar-refractivity contribution in [3.05, 3.63) is 89.3 Å². The molecule has 9 heteroatoms. The van der Waals surface area contributed by atoms with Crippen LogP contribution in [0.25, 0.3) is 16.7 Å². The predicted octanol–water partition coefficient (Wildman–Crippen LogP) is 3.48. The van der Waals surface area contributed by atoms with Crippen molar-refractivity contribution < 1.29 is 14.3 Å². The maximum Gasteiger partial charge on any atom is 0.351 e. The molecule has 2 aromatic heterocycles. The molecule has 0 fully saturated rings. The number of rotatable bonds is 6. The van der Waals surface area contributed by atoms with Crippen LogP contribution in [-0.4, -0.2) is 32.2 Å². The van der Waals surface area contributed by atoms with Crippen molar-refractivity contribution in [3.63, 3.8) is 0 Å². The average Bonchev–Trinajstić information content (AvgIpc) is 3.16. The first-order valence-electron chi connectivity index (χ1n) is 10.2. The molecule has 0 bridgehead atoms. The van der Waals surface area contributed by atoms with Crippen LogP contribution >= 0.6 is 0 Å². The number of hydrogen-bond acceptors (Lipinski definition) is 6. The summed E-state index contributed by atoms with van der Waals surface area (Å²) in [7, 11) is 1.55. The largest absolute Gasteiger partial charge is 0.497 e. The number of anilines is 1. The van der Waals surface area contributed by atoms with Gasteiger partial charge in [0.1, 0.15) is 18.0 Å². The van der Waals surface area contributed by atoms with Gasteiger partial charge in [-0.3, -0.25) is 4.79 Å². The van der Waals surface area contributed by atoms with E-state index in [4.69, 9.17) is 9.47 Å². The van der Waals surface area contributed by atoms with E-state index in [1.165, 1.54) is 4.40 Å². The lowest BCUT2D eigenvalue weighted by Gasteiger charge is -2.07. The van der Waals surface area contributed by atoms with Crippen LogP contribution in [0.3, 0.4) is 0 Å². The fourth-order valence-corrected chi connectivity index (χ4v) is 3.48. The lowest BCUT2D eigenvalue weighted by atomic mass is 10.3. The number of carbonyl (C=O) groups excluding carboxylic acids is 1. The summed E-state index contributed by atoms with van der Waals surface area (Å²) < 4.78 is 13.6. The fourth-order valence-electron chi connectivity index (χ4n) is 3.48. The molecule has 3 aromatic carbocycles. The Kier molecular flexibility index (Phi) is 5.19. The molecule has 0 aliphatic rings. The van der Waals surface area contributed by atoms with Gasteiger partial charge in [-0.15, -0.1) is 5.10 Å². The molecule has 1 amide bonds. The van der Waals surface area contributed by atoms with Crippen molar-refractivity contribution in [3.8, 4) is 17.4 Å². The number of methoxy groups -OCH3 is 1. The Hall–Kier alpha value is -4.66. The highest BCUT2D eigenvalue weighted by Gasteiger charge is 2.19. The second-order valence-corrected chi connectivity index (χ2v) is 7.20. The van der Waals surface area contributed by atoms with E-state index in [9.17, 15) is 9.59 Å². The van der Waals surface area contributed by atoms with Gasteiger partial charge in [-0.1, -0.05) is 36.4 Å². The molecule has 9 nitrogen and oxygen atoms in total. The van der Waals surface area contributed by atoms with Crippen molar-refractivity contribution in [2.24, 2.45) is 0 Å². The Labute approximate surface area is 187 Å². The number of fused-ring (bicyclic) bond motifs is 3. The molecule has 0 atom stereocenters. The fraction of sp³-hybridized carbons (Fsp3) is 0.0833. The Balaban J connectivity index is 1.54. The van der Waals surface area contributed by atoms with Crippen LogP contribution in [0.2, 0.25) is 0 Å². The number of para-hydroxylation sites is 3. The lowest BCUT2D eigenvalue weighted by Crippen LogP contribution is -2.28. The number of aromatic nitrogens is 4. The summed E-state index contributed by atoms with van der Waals surface area (Å²) in [5, 5.41) is 7.12. The van der Waals surface area contributed by atoms with E-state index in [-0.39, 0.29) is 18.1 Å². The van der Waals surface area contributed by atoms with Crippen molar-refractivity contribution in [1.82, 2.24) is 19.2 Å². The molecule has 0 saturated heterocycles. The van der Waals surface area contributed by atoms with Crippen molar-refractivity contribution >= 4 is 28.3 Å². The van der Waals surface area contributed by atoms with Gasteiger partial charge in [0.25, 0.3) is 5.88 Å². The van der Waals surface area contributed by atoms with E-state index in [2.05, 4.69) is 15.4 Å². The summed E-state index contributed by atoms with van der Waals surface area (Å²) in [5.41, 5.74) is 1.44. The van der Waals surface area contributed by atoms with Crippen LogP contribution in [0.15, 0.2) is 83.7 Å². The lowest BCUT2D eigenvalue weighted by molar-refractivity contribution is -0.117. The highest BCUT2D eigenvalue weighted by atomic mass is 16.5. The molecule has 0 radical (unpaired) electrons. The molecule has 33 heavy (non-hydrogen) atoms. The predicted molar refractivity (Wildman–Crippen MR) is 123 cm³/mol. The molecule has 0 unspecified atom stereocenters. The zero-order valence-electron chi connectivity index (χ0n) is 17.6. The minimum Gasteiger partial charge on any atom is -0.497 e. The summed E-state index contributed by atoms with van der Waals surface area (Å²) in [6, 6.07) is 23.2. The van der Waals surface area contributed by atoms with E-state index in [0.717, 1.165) is 4.68 Å². The summed E-state index contributed by atoms with van der Waals surface area (Å²) in [4.78, 5) is 30.4. The van der Waals surface area contributed by atoms with Crippen molar-refractivity contribution in [2.75, 3.05) is 12.4 Å². The molecule has 164 valence electrons. The Morgan fingerprint density at radius 3 is 2.55 bits per heavy atom. The molecule has 0 aliphatic carbocycles. The Morgan fingerprint density at radius 1 is 0.970 bits per heavy atom. The number of hydrogen-bond donors (Lipinski definition) is 1. The van der Waals surface area contributed by atoms with Gasteiger partial charge in [-0.25, -0.2) is 18.9 Å². The smallest absolute Gasteiger partial charge is 0.351 e. The monoisotopic (exact) mass is 441 g/mol. The van der Waals surface area contributed by atoms with Gasteiger partial charge in [0, 0.05) is 11.8 Å². The number of nitrogens with zero attached hydrogens (tertiary/aromatic N) is 4. The number of ether oxygens (including phenoxy) is 2. The molecule has 1 N–H and O–H groups in total. The first kappa shape index (κ1) is 20.3. The topological polar surface area (TPSA) is 99.8 Å². The minimum atomic E-state index is -0.470. The number of amides is 1. The highest BCUT2D eigenvalue weighted by Crippen LogP contribution is 2.25. The second kappa shape index (κ2) is 8.46. The first-order valence-corrected chi connectivity index (χ1v) is 10.2. The number of benzene rings is 3. The summed E-state index contributed by atoms with van der Waals surface area (Å²) in [5.74, 6) is 0.929. The van der Waals surface area contributed by atoms with Crippen LogP contribution in [0.5, 0.6) is 17.4 Å². The maximum atomic E-state index is 13.2. The van der Waals surface area contributed by atoms with Crippen molar-refractivity contribution in [2.45, 2.75) is 6.54 Å². The molecule has 0 spiro atoms. The normalized spacial score (nSPS) is 10.9. The van der Waals surface area contributed by atoms with E-state index in [0.29, 0.717) is 28.2 Å². The second-order valence-electron chi connectivity index (χ2n) is 7.20. The van der Waals surface area contributed by atoms with Crippen molar-refractivity contribution in [1.29, 1.82) is 0 Å². The van der Waals surface area contributed by atoms with E-state index in [1.54, 1.807) is 61.7 Å². The summed E-state index contributed by atoms with van der Waals surface area (Å²) in [6.07, 6.45) is 0. The van der Waals surface area contributed by atoms with Crippen LogP contribution in [0.4, 0.5) is 5.69 Å². The minimum absolute atomic E-state index is 0.170. The standard InChI is InChI=1S/C24H19N5O4/c1-32-18-11-7-8-16(14-18)25-21(30)15-28-24(31)29-20-13-6-5-12-19(20)26-23(22(29)27-28)33-17-9-3-2-4-10-17/h2-14H,15H2,1H3,(H,25,30). The first-order chi connectivity index (χ1) is 16.1. The molecular weight excluding hydrogens is 422 g/mol. The molecule has 5 aromatic rings. The van der Waals surface area contributed by atoms with Crippen LogP contribution < -0.4 is 20.5 Å². The van der Waals surface area contributed by atoms with E-state index in [1.807, 2.05) is 24.3 Å². The third-order valence-electron chi connectivity index (χ3n) is 4.98. The maximum absolute atomic E-state index is 13.2. The third kappa shape index (κ3) is 3.99. The van der Waals surface area contributed by atoms with E-state index < -0.39 is 11.6 Å². The van der Waals surface area contributed by atoms with Gasteiger partial charge in [0.15, 0.2) is 0 Å². The quantitative estimate of drug-likeness (QED) is 0.433. The summed E-state index contributed by atoms with van der Waals surface area (Å²) in [6.45, 7) is -0.281. The van der Waals surface area contributed by atoms with Gasteiger partial charge < -0.3 is 14.8 Å². The molecule has 0 saturated carbocycles. The summed E-state index contributed by atoms with van der Waals surface area (Å²) >= 11 is 0.